The zero-order valence-electron chi connectivity index (χ0n) is 12.2. The van der Waals surface area contributed by atoms with E-state index >= 15 is 0 Å². The molecule has 0 spiro atoms. The third kappa shape index (κ3) is 1.77. The van der Waals surface area contributed by atoms with Crippen LogP contribution in [0.3, 0.4) is 0 Å². The first-order valence-corrected chi connectivity index (χ1v) is 8.70. The predicted molar refractivity (Wildman–Crippen MR) is 95.9 cm³/mol. The van der Waals surface area contributed by atoms with Crippen molar-refractivity contribution in [1.29, 1.82) is 0 Å². The van der Waals surface area contributed by atoms with Gasteiger partial charge in [0, 0.05) is 10.8 Å². The second kappa shape index (κ2) is 4.67. The largest absolute Gasteiger partial charge is 0.353 e. The highest BCUT2D eigenvalue weighted by atomic mass is 32.2. The molecule has 0 saturated heterocycles. The molecule has 0 fully saturated rings. The molecule has 5 rings (SSSR count). The zero-order chi connectivity index (χ0) is 15.4. The van der Waals surface area contributed by atoms with Crippen LogP contribution in [-0.4, -0.2) is 4.21 Å². The Morgan fingerprint density at radius 3 is 1.61 bits per heavy atom. The van der Waals surface area contributed by atoms with Crippen LogP contribution in [0.25, 0.3) is 21.5 Å². The van der Waals surface area contributed by atoms with Crippen molar-refractivity contribution in [3.05, 3.63) is 72.8 Å². The Kier molecular flexibility index (Phi) is 2.61. The molecule has 1 aliphatic heterocycles. The van der Waals surface area contributed by atoms with Crippen LogP contribution in [0.4, 0.5) is 11.4 Å². The first-order chi connectivity index (χ1) is 11.3. The average molecular weight is 315 g/mol. The number of anilines is 2. The molecule has 3 heteroatoms. The number of rotatable bonds is 0. The molecule has 0 amide bonds. The van der Waals surface area contributed by atoms with Crippen molar-refractivity contribution >= 4 is 43.7 Å². The number of fused-ring (bicyclic) bond motifs is 6. The Labute approximate surface area is 136 Å². The van der Waals surface area contributed by atoms with Gasteiger partial charge in [-0.15, -0.1) is 0 Å². The van der Waals surface area contributed by atoms with E-state index in [1.54, 1.807) is 0 Å². The van der Waals surface area contributed by atoms with E-state index in [1.807, 2.05) is 48.5 Å². The molecule has 0 bridgehead atoms. The zero-order valence-corrected chi connectivity index (χ0v) is 13.1. The van der Waals surface area contributed by atoms with Gasteiger partial charge in [-0.1, -0.05) is 60.7 Å². The van der Waals surface area contributed by atoms with Gasteiger partial charge >= 0.3 is 0 Å². The Morgan fingerprint density at radius 2 is 1.09 bits per heavy atom. The third-order valence-corrected chi connectivity index (χ3v) is 6.02. The third-order valence-electron chi connectivity index (χ3n) is 4.40. The van der Waals surface area contributed by atoms with Crippen molar-refractivity contribution in [3.8, 4) is 0 Å². The second-order valence-corrected chi connectivity index (χ2v) is 7.07. The summed E-state index contributed by atoms with van der Waals surface area (Å²) >= 11 is 0. The van der Waals surface area contributed by atoms with Crippen LogP contribution in [0.1, 0.15) is 0 Å². The van der Waals surface area contributed by atoms with Gasteiger partial charge in [0.1, 0.15) is 0 Å². The summed E-state index contributed by atoms with van der Waals surface area (Å²) < 4.78 is 13.4. The van der Waals surface area contributed by atoms with E-state index < -0.39 is 10.8 Å². The maximum Gasteiger partial charge on any atom is 0.0904 e. The van der Waals surface area contributed by atoms with Crippen molar-refractivity contribution in [3.63, 3.8) is 0 Å². The van der Waals surface area contributed by atoms with Gasteiger partial charge in [0.15, 0.2) is 0 Å². The summed E-state index contributed by atoms with van der Waals surface area (Å²) in [5.41, 5.74) is 1.87. The first-order valence-electron chi connectivity index (χ1n) is 7.55. The van der Waals surface area contributed by atoms with E-state index in [0.29, 0.717) is 0 Å². The van der Waals surface area contributed by atoms with Gasteiger partial charge in [0.2, 0.25) is 0 Å². The van der Waals surface area contributed by atoms with Crippen molar-refractivity contribution < 1.29 is 4.21 Å². The molecular weight excluding hydrogens is 302 g/mol. The molecule has 110 valence electrons. The van der Waals surface area contributed by atoms with Gasteiger partial charge in [-0.3, -0.25) is 0 Å². The van der Waals surface area contributed by atoms with Gasteiger partial charge in [-0.25, -0.2) is 4.21 Å². The predicted octanol–water partition coefficient (Wildman–Crippen LogP) is 5.22. The lowest BCUT2D eigenvalue weighted by Crippen LogP contribution is -2.09. The van der Waals surface area contributed by atoms with Crippen LogP contribution < -0.4 is 5.32 Å². The lowest BCUT2D eigenvalue weighted by atomic mass is 10.1. The highest BCUT2D eigenvalue weighted by molar-refractivity contribution is 7.86. The van der Waals surface area contributed by atoms with Crippen LogP contribution in [0.5, 0.6) is 0 Å². The van der Waals surface area contributed by atoms with Crippen LogP contribution >= 0.6 is 0 Å². The molecule has 0 unspecified atom stereocenters. The molecule has 0 aromatic heterocycles. The number of benzene rings is 4. The topological polar surface area (TPSA) is 29.1 Å². The summed E-state index contributed by atoms with van der Waals surface area (Å²) in [6, 6.07) is 24.4. The van der Waals surface area contributed by atoms with Crippen molar-refractivity contribution in [2.24, 2.45) is 0 Å². The van der Waals surface area contributed by atoms with Crippen LogP contribution in [0, 0.1) is 0 Å². The van der Waals surface area contributed by atoms with Crippen LogP contribution in [0.15, 0.2) is 82.6 Å². The quantitative estimate of drug-likeness (QED) is 0.424. The highest BCUT2D eigenvalue weighted by Gasteiger charge is 2.25. The smallest absolute Gasteiger partial charge is 0.0904 e. The van der Waals surface area contributed by atoms with E-state index in [4.69, 9.17) is 0 Å². The maximum absolute atomic E-state index is 13.4. The Balaban J connectivity index is 1.88. The molecule has 1 N–H and O–H groups in total. The van der Waals surface area contributed by atoms with E-state index in [9.17, 15) is 4.21 Å². The molecule has 23 heavy (non-hydrogen) atoms. The molecule has 0 atom stereocenters. The molecule has 0 saturated carbocycles. The molecule has 1 aliphatic rings. The van der Waals surface area contributed by atoms with E-state index in [1.165, 1.54) is 0 Å². The Bertz CT molecular complexity index is 1030. The van der Waals surface area contributed by atoms with Gasteiger partial charge in [0.05, 0.1) is 32.0 Å². The van der Waals surface area contributed by atoms with E-state index in [0.717, 1.165) is 42.7 Å². The lowest BCUT2D eigenvalue weighted by Gasteiger charge is -2.23. The number of hydrogen-bond acceptors (Lipinski definition) is 2. The summed E-state index contributed by atoms with van der Waals surface area (Å²) in [7, 11) is -1.20. The first kappa shape index (κ1) is 12.9. The fourth-order valence-electron chi connectivity index (χ4n) is 3.33. The minimum atomic E-state index is -1.20. The maximum atomic E-state index is 13.4. The molecule has 0 aliphatic carbocycles. The Morgan fingerprint density at radius 1 is 0.609 bits per heavy atom. The summed E-state index contributed by atoms with van der Waals surface area (Å²) in [6.45, 7) is 0. The summed E-state index contributed by atoms with van der Waals surface area (Å²) in [4.78, 5) is 1.76. The number of hydrogen-bond donors (Lipinski definition) is 1. The van der Waals surface area contributed by atoms with E-state index in [-0.39, 0.29) is 0 Å². The minimum Gasteiger partial charge on any atom is -0.353 e. The fraction of sp³-hybridized carbons (Fsp3) is 0. The monoisotopic (exact) mass is 315 g/mol. The van der Waals surface area contributed by atoms with Crippen molar-refractivity contribution in [2.45, 2.75) is 9.79 Å². The van der Waals surface area contributed by atoms with Gasteiger partial charge in [0.25, 0.3) is 0 Å². The van der Waals surface area contributed by atoms with Gasteiger partial charge in [-0.2, -0.15) is 0 Å². The lowest BCUT2D eigenvalue weighted by molar-refractivity contribution is 0.684. The van der Waals surface area contributed by atoms with Crippen molar-refractivity contribution in [2.75, 3.05) is 5.32 Å². The second-order valence-electron chi connectivity index (χ2n) is 5.72. The standard InChI is InChI=1S/C20H13NOS/c22-23-19-15-7-3-1-5-13(15)9-11-17(19)21-18-12-10-14-6-2-4-8-16(14)20(18)23/h1-12,21H. The molecule has 4 aromatic carbocycles. The minimum absolute atomic E-state index is 0.881. The molecule has 4 aromatic rings. The highest BCUT2D eigenvalue weighted by Crippen LogP contribution is 2.43. The molecule has 1 heterocycles. The average Bonchev–Trinajstić information content (AvgIpc) is 2.61. The normalized spacial score (nSPS) is 13.6. The summed E-state index contributed by atoms with van der Waals surface area (Å²) in [6.07, 6.45) is 0. The summed E-state index contributed by atoms with van der Waals surface area (Å²) in [5.74, 6) is 0. The molecular formula is C20H13NOS. The SMILES string of the molecule is O=S1c2c(ccc3ccccc23)Nc2ccc3ccccc3c21. The van der Waals surface area contributed by atoms with Gasteiger partial charge in [-0.05, 0) is 22.9 Å². The fourth-order valence-corrected chi connectivity index (χ4v) is 4.94. The van der Waals surface area contributed by atoms with Crippen molar-refractivity contribution in [1.82, 2.24) is 0 Å². The molecule has 2 nitrogen and oxygen atoms in total. The van der Waals surface area contributed by atoms with Gasteiger partial charge < -0.3 is 5.32 Å². The summed E-state index contributed by atoms with van der Waals surface area (Å²) in [5, 5.41) is 7.79. The molecule has 0 radical (unpaired) electrons. The van der Waals surface area contributed by atoms with Crippen LogP contribution in [0.2, 0.25) is 0 Å². The van der Waals surface area contributed by atoms with E-state index in [2.05, 4.69) is 29.6 Å². The Hall–Kier alpha value is -2.65. The van der Waals surface area contributed by atoms with Crippen LogP contribution in [-0.2, 0) is 10.8 Å². The number of nitrogens with one attached hydrogen (secondary N) is 1.